The summed E-state index contributed by atoms with van der Waals surface area (Å²) in [5.74, 6) is 1.02. The Morgan fingerprint density at radius 3 is 2.78 bits per heavy atom. The molecule has 6 heteroatoms. The van der Waals surface area contributed by atoms with Crippen LogP contribution in [0.25, 0.3) is 0 Å². The molecule has 100 valence electrons. The summed E-state index contributed by atoms with van der Waals surface area (Å²) in [6, 6.07) is 2.07. The lowest BCUT2D eigenvalue weighted by atomic mass is 9.85. The minimum atomic E-state index is -0.00848. The zero-order valence-electron chi connectivity index (χ0n) is 9.72. The first-order valence-electron chi connectivity index (χ1n) is 5.93. The van der Waals surface area contributed by atoms with E-state index in [9.17, 15) is 4.79 Å². The van der Waals surface area contributed by atoms with Gasteiger partial charge in [-0.3, -0.25) is 4.79 Å². The van der Waals surface area contributed by atoms with Crippen LogP contribution in [0.1, 0.15) is 36.0 Å². The van der Waals surface area contributed by atoms with Crippen molar-refractivity contribution in [2.75, 3.05) is 5.88 Å². The fourth-order valence-electron chi connectivity index (χ4n) is 2.32. The standard InChI is InChI=1S/C12H14Br2ClNOS/c13-10-5-8(11(14)18-10)12(17)16-9-4-2-1-3-7(9)6-15/h5,7,9H,1-4,6H2,(H,16,17). The van der Waals surface area contributed by atoms with Gasteiger partial charge in [0, 0.05) is 11.9 Å². The first-order valence-corrected chi connectivity index (χ1v) is 8.87. The van der Waals surface area contributed by atoms with Crippen LogP contribution in [-0.4, -0.2) is 17.8 Å². The van der Waals surface area contributed by atoms with E-state index in [2.05, 4.69) is 37.2 Å². The van der Waals surface area contributed by atoms with Gasteiger partial charge in [0.2, 0.25) is 0 Å². The van der Waals surface area contributed by atoms with Crippen LogP contribution in [0.3, 0.4) is 0 Å². The van der Waals surface area contributed by atoms with Crippen molar-refractivity contribution in [1.29, 1.82) is 0 Å². The Labute approximate surface area is 133 Å². The molecule has 0 spiro atoms. The van der Waals surface area contributed by atoms with E-state index >= 15 is 0 Å². The van der Waals surface area contributed by atoms with Gasteiger partial charge in [0.1, 0.15) is 0 Å². The molecule has 0 aliphatic heterocycles. The zero-order chi connectivity index (χ0) is 13.1. The van der Waals surface area contributed by atoms with Crippen LogP contribution in [0.4, 0.5) is 0 Å². The van der Waals surface area contributed by atoms with Crippen LogP contribution in [0.5, 0.6) is 0 Å². The van der Waals surface area contributed by atoms with E-state index in [-0.39, 0.29) is 11.9 Å². The second-order valence-electron chi connectivity index (χ2n) is 4.52. The van der Waals surface area contributed by atoms with E-state index < -0.39 is 0 Å². The lowest BCUT2D eigenvalue weighted by molar-refractivity contribution is 0.0911. The SMILES string of the molecule is O=C(NC1CCCCC1CCl)c1cc(Br)sc1Br. The number of carbonyl (C=O) groups excluding carboxylic acids is 1. The fourth-order valence-corrected chi connectivity index (χ4v) is 5.49. The molecule has 1 N–H and O–H groups in total. The summed E-state index contributed by atoms with van der Waals surface area (Å²) in [4.78, 5) is 12.2. The Kier molecular flexibility index (Phi) is 5.54. The number of hydrogen-bond donors (Lipinski definition) is 1. The Morgan fingerprint density at radius 1 is 1.44 bits per heavy atom. The summed E-state index contributed by atoms with van der Waals surface area (Å²) in [5, 5.41) is 3.12. The molecular formula is C12H14Br2ClNOS. The number of halogens is 3. The average Bonchev–Trinajstić information content (AvgIpc) is 2.69. The largest absolute Gasteiger partial charge is 0.349 e. The predicted molar refractivity (Wildman–Crippen MR) is 83.7 cm³/mol. The fraction of sp³-hybridized carbons (Fsp3) is 0.583. The highest BCUT2D eigenvalue weighted by molar-refractivity contribution is 9.12. The van der Waals surface area contributed by atoms with Gasteiger partial charge in [0.05, 0.1) is 13.1 Å². The van der Waals surface area contributed by atoms with Crippen LogP contribution >= 0.6 is 54.8 Å². The van der Waals surface area contributed by atoms with E-state index in [1.807, 2.05) is 6.07 Å². The molecule has 2 unspecified atom stereocenters. The second kappa shape index (κ2) is 6.73. The van der Waals surface area contributed by atoms with Crippen molar-refractivity contribution in [3.8, 4) is 0 Å². The van der Waals surface area contributed by atoms with Gasteiger partial charge in [-0.2, -0.15) is 0 Å². The van der Waals surface area contributed by atoms with Crippen LogP contribution in [0.15, 0.2) is 13.6 Å². The van der Waals surface area contributed by atoms with Crippen molar-refractivity contribution < 1.29 is 4.79 Å². The zero-order valence-corrected chi connectivity index (χ0v) is 14.5. The first-order chi connectivity index (χ1) is 8.61. The molecule has 0 saturated heterocycles. The molecule has 1 aliphatic rings. The lowest BCUT2D eigenvalue weighted by Gasteiger charge is -2.30. The third-order valence-electron chi connectivity index (χ3n) is 3.33. The van der Waals surface area contributed by atoms with Gasteiger partial charge < -0.3 is 5.32 Å². The summed E-state index contributed by atoms with van der Waals surface area (Å²) in [6.07, 6.45) is 4.54. The van der Waals surface area contributed by atoms with Crippen molar-refractivity contribution >= 4 is 60.7 Å². The number of amides is 1. The van der Waals surface area contributed by atoms with Gasteiger partial charge in [0.15, 0.2) is 0 Å². The summed E-state index contributed by atoms with van der Waals surface area (Å²) < 4.78 is 1.82. The van der Waals surface area contributed by atoms with E-state index in [1.54, 1.807) is 0 Å². The van der Waals surface area contributed by atoms with Gasteiger partial charge in [-0.15, -0.1) is 22.9 Å². The monoisotopic (exact) mass is 413 g/mol. The number of nitrogens with one attached hydrogen (secondary N) is 1. The number of rotatable bonds is 3. The van der Waals surface area contributed by atoms with E-state index in [0.717, 1.165) is 20.4 Å². The third-order valence-corrected chi connectivity index (χ3v) is 6.06. The summed E-state index contributed by atoms with van der Waals surface area (Å²) in [7, 11) is 0. The van der Waals surface area contributed by atoms with Crippen LogP contribution in [-0.2, 0) is 0 Å². The Bertz CT molecular complexity index is 438. The molecule has 0 aromatic carbocycles. The maximum atomic E-state index is 12.2. The van der Waals surface area contributed by atoms with Crippen LogP contribution in [0, 0.1) is 5.92 Å². The molecule has 2 rings (SSSR count). The quantitative estimate of drug-likeness (QED) is 0.706. The normalized spacial score (nSPS) is 23.9. The van der Waals surface area contributed by atoms with Crippen molar-refractivity contribution in [2.45, 2.75) is 31.7 Å². The Hall–Kier alpha value is 0.420. The maximum Gasteiger partial charge on any atom is 0.253 e. The van der Waals surface area contributed by atoms with E-state index in [4.69, 9.17) is 11.6 Å². The minimum absolute atomic E-state index is 0.00848. The van der Waals surface area contributed by atoms with Gasteiger partial charge in [-0.25, -0.2) is 0 Å². The maximum absolute atomic E-state index is 12.2. The molecular weight excluding hydrogens is 401 g/mol. The van der Waals surface area contributed by atoms with Gasteiger partial charge >= 0.3 is 0 Å². The summed E-state index contributed by atoms with van der Waals surface area (Å²) in [5.41, 5.74) is 0.700. The number of hydrogen-bond acceptors (Lipinski definition) is 2. The number of thiophene rings is 1. The third kappa shape index (κ3) is 3.50. The van der Waals surface area contributed by atoms with Gasteiger partial charge in [-0.05, 0) is 56.7 Å². The highest BCUT2D eigenvalue weighted by Gasteiger charge is 2.26. The second-order valence-corrected chi connectivity index (χ2v) is 8.57. The molecule has 1 saturated carbocycles. The van der Waals surface area contributed by atoms with Gasteiger partial charge in [0.25, 0.3) is 5.91 Å². The average molecular weight is 416 g/mol. The van der Waals surface area contributed by atoms with Crippen molar-refractivity contribution in [3.63, 3.8) is 0 Å². The van der Waals surface area contributed by atoms with E-state index in [1.165, 1.54) is 24.2 Å². The molecule has 0 bridgehead atoms. The molecule has 1 aromatic rings. The lowest BCUT2D eigenvalue weighted by Crippen LogP contribution is -2.42. The van der Waals surface area contributed by atoms with E-state index in [0.29, 0.717) is 17.4 Å². The first kappa shape index (κ1) is 14.8. The van der Waals surface area contributed by atoms with Crippen molar-refractivity contribution in [3.05, 3.63) is 19.2 Å². The molecule has 2 nitrogen and oxygen atoms in total. The predicted octanol–water partition coefficient (Wildman–Crippen LogP) is 4.80. The minimum Gasteiger partial charge on any atom is -0.349 e. The molecule has 0 radical (unpaired) electrons. The summed E-state index contributed by atoms with van der Waals surface area (Å²) in [6.45, 7) is 0. The number of carbonyl (C=O) groups is 1. The molecule has 1 heterocycles. The van der Waals surface area contributed by atoms with Gasteiger partial charge in [-0.1, -0.05) is 12.8 Å². The van der Waals surface area contributed by atoms with Crippen molar-refractivity contribution in [2.24, 2.45) is 5.92 Å². The number of alkyl halides is 1. The molecule has 1 aromatic heterocycles. The Morgan fingerprint density at radius 2 is 2.17 bits per heavy atom. The topological polar surface area (TPSA) is 29.1 Å². The summed E-state index contributed by atoms with van der Waals surface area (Å²) >= 11 is 14.3. The van der Waals surface area contributed by atoms with Crippen molar-refractivity contribution in [1.82, 2.24) is 5.32 Å². The Balaban J connectivity index is 2.04. The molecule has 2 atom stereocenters. The van der Waals surface area contributed by atoms with Crippen LogP contribution in [0.2, 0.25) is 0 Å². The smallest absolute Gasteiger partial charge is 0.253 e. The molecule has 18 heavy (non-hydrogen) atoms. The van der Waals surface area contributed by atoms with Crippen LogP contribution < -0.4 is 5.32 Å². The molecule has 1 aliphatic carbocycles. The highest BCUT2D eigenvalue weighted by Crippen LogP contribution is 2.32. The molecule has 1 amide bonds. The molecule has 1 fully saturated rings. The highest BCUT2D eigenvalue weighted by atomic mass is 79.9.